The molecule has 0 bridgehead atoms. The lowest BCUT2D eigenvalue weighted by Gasteiger charge is -2.09. The van der Waals surface area contributed by atoms with E-state index in [2.05, 4.69) is 5.10 Å². The maximum absolute atomic E-state index is 12.2. The summed E-state index contributed by atoms with van der Waals surface area (Å²) in [6.45, 7) is 1.12. The highest BCUT2D eigenvalue weighted by molar-refractivity contribution is 5.89. The van der Waals surface area contributed by atoms with Gasteiger partial charge in [0.2, 0.25) is 0 Å². The second-order valence-electron chi connectivity index (χ2n) is 5.56. The number of benzene rings is 2. The molecule has 0 fully saturated rings. The predicted molar refractivity (Wildman–Crippen MR) is 96.5 cm³/mol. The highest BCUT2D eigenvalue weighted by Crippen LogP contribution is 2.15. The van der Waals surface area contributed by atoms with E-state index in [4.69, 9.17) is 14.2 Å². The van der Waals surface area contributed by atoms with Gasteiger partial charge in [-0.1, -0.05) is 18.2 Å². The quantitative estimate of drug-likeness (QED) is 0.460. The number of hydrogen-bond donors (Lipinski definition) is 0. The lowest BCUT2D eigenvalue weighted by molar-refractivity contribution is 0.0472. The molecule has 3 rings (SSSR count). The van der Waals surface area contributed by atoms with Crippen molar-refractivity contribution in [2.75, 3.05) is 20.3 Å². The van der Waals surface area contributed by atoms with Crippen molar-refractivity contribution in [3.8, 4) is 11.4 Å². The van der Waals surface area contributed by atoms with Crippen molar-refractivity contribution < 1.29 is 19.0 Å². The molecule has 0 aliphatic carbocycles. The van der Waals surface area contributed by atoms with Crippen LogP contribution in [0.15, 0.2) is 67.0 Å². The van der Waals surface area contributed by atoms with Gasteiger partial charge in [0.15, 0.2) is 0 Å². The molecule has 2 aromatic carbocycles. The summed E-state index contributed by atoms with van der Waals surface area (Å²) >= 11 is 0. The van der Waals surface area contributed by atoms with Crippen LogP contribution in [0.2, 0.25) is 0 Å². The lowest BCUT2D eigenvalue weighted by atomic mass is 10.2. The molecular formula is C20H20N2O4. The first kappa shape index (κ1) is 17.7. The zero-order chi connectivity index (χ0) is 18.2. The molecule has 0 saturated carbocycles. The molecule has 0 aliphatic heterocycles. The Hall–Kier alpha value is -3.12. The van der Waals surface area contributed by atoms with Crippen LogP contribution in [0.5, 0.6) is 5.75 Å². The molecule has 0 N–H and O–H groups in total. The summed E-state index contributed by atoms with van der Waals surface area (Å²) in [4.78, 5) is 12.2. The monoisotopic (exact) mass is 352 g/mol. The number of hydrogen-bond acceptors (Lipinski definition) is 5. The van der Waals surface area contributed by atoms with Crippen LogP contribution in [-0.2, 0) is 16.1 Å². The van der Waals surface area contributed by atoms with Crippen molar-refractivity contribution >= 4 is 5.97 Å². The molecular weight excluding hydrogens is 332 g/mol. The first-order valence-electron chi connectivity index (χ1n) is 8.24. The molecule has 0 amide bonds. The van der Waals surface area contributed by atoms with Gasteiger partial charge in [0.05, 0.1) is 17.9 Å². The summed E-state index contributed by atoms with van der Waals surface area (Å²) in [6.07, 6.45) is 3.60. The third kappa shape index (κ3) is 4.70. The predicted octanol–water partition coefficient (Wildman–Crippen LogP) is 3.25. The van der Waals surface area contributed by atoms with Gasteiger partial charge in [0.25, 0.3) is 0 Å². The molecule has 6 nitrogen and oxygen atoms in total. The number of nitrogens with zero attached hydrogens (tertiary/aromatic N) is 2. The number of aromatic nitrogens is 2. The first-order chi connectivity index (χ1) is 12.8. The van der Waals surface area contributed by atoms with Crippen molar-refractivity contribution in [2.45, 2.75) is 6.61 Å². The third-order valence-corrected chi connectivity index (χ3v) is 3.70. The minimum atomic E-state index is -0.390. The van der Waals surface area contributed by atoms with Gasteiger partial charge < -0.3 is 14.2 Å². The second-order valence-corrected chi connectivity index (χ2v) is 5.56. The van der Waals surface area contributed by atoms with Gasteiger partial charge in [-0.25, -0.2) is 9.48 Å². The fourth-order valence-electron chi connectivity index (χ4n) is 2.35. The summed E-state index contributed by atoms with van der Waals surface area (Å²) in [5.74, 6) is 0.221. The van der Waals surface area contributed by atoms with Crippen LogP contribution < -0.4 is 4.74 Å². The Bertz CT molecular complexity index is 829. The lowest BCUT2D eigenvalue weighted by Crippen LogP contribution is -2.07. The molecule has 26 heavy (non-hydrogen) atoms. The van der Waals surface area contributed by atoms with E-state index in [1.54, 1.807) is 42.3 Å². The number of carbonyl (C=O) groups excluding carboxylic acids is 1. The smallest absolute Gasteiger partial charge is 0.338 e. The fraction of sp³-hybridized carbons (Fsp3) is 0.200. The van der Waals surface area contributed by atoms with Gasteiger partial charge in [-0.3, -0.25) is 0 Å². The summed E-state index contributed by atoms with van der Waals surface area (Å²) in [6, 6.07) is 16.5. The van der Waals surface area contributed by atoms with Crippen LogP contribution in [-0.4, -0.2) is 36.1 Å². The van der Waals surface area contributed by atoms with Crippen LogP contribution in [0.1, 0.15) is 15.9 Å². The number of rotatable bonds is 8. The van der Waals surface area contributed by atoms with E-state index in [9.17, 15) is 4.79 Å². The molecule has 3 aromatic rings. The number of esters is 1. The normalized spacial score (nSPS) is 10.5. The number of carbonyl (C=O) groups is 1. The summed E-state index contributed by atoms with van der Waals surface area (Å²) in [7, 11) is 1.61. The Labute approximate surface area is 151 Å². The SMILES string of the molecule is COCCOc1cccc(C(=O)OCc2ccc(-n3cccn3)cc2)c1. The van der Waals surface area contributed by atoms with Crippen LogP contribution >= 0.6 is 0 Å². The van der Waals surface area contributed by atoms with Gasteiger partial charge in [0, 0.05) is 19.5 Å². The first-order valence-corrected chi connectivity index (χ1v) is 8.24. The maximum atomic E-state index is 12.2. The fourth-order valence-corrected chi connectivity index (χ4v) is 2.35. The van der Waals surface area contributed by atoms with E-state index in [-0.39, 0.29) is 6.61 Å². The van der Waals surface area contributed by atoms with Gasteiger partial charge in [-0.2, -0.15) is 5.10 Å². The zero-order valence-corrected chi connectivity index (χ0v) is 14.5. The molecule has 1 aromatic heterocycles. The Balaban J connectivity index is 1.56. The minimum absolute atomic E-state index is 0.201. The standard InChI is InChI=1S/C20H20N2O4/c1-24-12-13-25-19-5-2-4-17(14-19)20(23)26-15-16-6-8-18(9-7-16)22-11-3-10-21-22/h2-11,14H,12-13,15H2,1H3. The van der Waals surface area contributed by atoms with Crippen molar-refractivity contribution in [3.05, 3.63) is 78.1 Å². The largest absolute Gasteiger partial charge is 0.491 e. The Morgan fingerprint density at radius 2 is 1.92 bits per heavy atom. The summed E-state index contributed by atoms with van der Waals surface area (Å²) < 4.78 is 17.6. The van der Waals surface area contributed by atoms with E-state index in [1.807, 2.05) is 36.5 Å². The van der Waals surface area contributed by atoms with Crippen molar-refractivity contribution in [2.24, 2.45) is 0 Å². The summed E-state index contributed by atoms with van der Waals surface area (Å²) in [5, 5.41) is 4.18. The molecule has 0 spiro atoms. The molecule has 134 valence electrons. The molecule has 0 radical (unpaired) electrons. The average molecular weight is 352 g/mol. The van der Waals surface area contributed by atoms with E-state index < -0.39 is 5.97 Å². The Morgan fingerprint density at radius 3 is 2.65 bits per heavy atom. The average Bonchev–Trinajstić information content (AvgIpc) is 3.22. The van der Waals surface area contributed by atoms with Crippen LogP contribution in [0.3, 0.4) is 0 Å². The zero-order valence-electron chi connectivity index (χ0n) is 14.5. The molecule has 1 heterocycles. The summed E-state index contributed by atoms with van der Waals surface area (Å²) in [5.41, 5.74) is 2.31. The highest BCUT2D eigenvalue weighted by Gasteiger charge is 2.09. The number of ether oxygens (including phenoxy) is 3. The van der Waals surface area contributed by atoms with Crippen LogP contribution in [0, 0.1) is 0 Å². The molecule has 0 saturated heterocycles. The highest BCUT2D eigenvalue weighted by atomic mass is 16.5. The van der Waals surface area contributed by atoms with Gasteiger partial charge in [0.1, 0.15) is 19.0 Å². The van der Waals surface area contributed by atoms with Gasteiger partial charge in [-0.15, -0.1) is 0 Å². The minimum Gasteiger partial charge on any atom is -0.491 e. The van der Waals surface area contributed by atoms with Crippen molar-refractivity contribution in [1.82, 2.24) is 9.78 Å². The van der Waals surface area contributed by atoms with Gasteiger partial charge >= 0.3 is 5.97 Å². The molecule has 0 atom stereocenters. The second kappa shape index (κ2) is 8.82. The van der Waals surface area contributed by atoms with E-state index in [0.717, 1.165) is 11.3 Å². The van der Waals surface area contributed by atoms with E-state index >= 15 is 0 Å². The third-order valence-electron chi connectivity index (χ3n) is 3.70. The Kier molecular flexibility index (Phi) is 6.01. The van der Waals surface area contributed by atoms with Crippen LogP contribution in [0.25, 0.3) is 5.69 Å². The van der Waals surface area contributed by atoms with Crippen molar-refractivity contribution in [3.63, 3.8) is 0 Å². The maximum Gasteiger partial charge on any atom is 0.338 e. The van der Waals surface area contributed by atoms with Gasteiger partial charge in [-0.05, 0) is 42.0 Å². The molecule has 0 unspecified atom stereocenters. The molecule has 6 heteroatoms. The molecule has 0 aliphatic rings. The van der Waals surface area contributed by atoms with Crippen LogP contribution in [0.4, 0.5) is 0 Å². The topological polar surface area (TPSA) is 62.6 Å². The van der Waals surface area contributed by atoms with E-state index in [0.29, 0.717) is 24.5 Å². The van der Waals surface area contributed by atoms with E-state index in [1.165, 1.54) is 0 Å². The number of methoxy groups -OCH3 is 1. The van der Waals surface area contributed by atoms with Crippen molar-refractivity contribution in [1.29, 1.82) is 0 Å². The Morgan fingerprint density at radius 1 is 1.08 bits per heavy atom.